The van der Waals surface area contributed by atoms with Gasteiger partial charge in [0.2, 0.25) is 11.9 Å². The van der Waals surface area contributed by atoms with Crippen LogP contribution in [-0.4, -0.2) is 38.0 Å². The minimum atomic E-state index is -4.37. The van der Waals surface area contributed by atoms with E-state index in [0.717, 1.165) is 11.1 Å². The lowest BCUT2D eigenvalue weighted by atomic mass is 10.0. The van der Waals surface area contributed by atoms with Crippen molar-refractivity contribution in [3.8, 4) is 22.3 Å². The molecule has 11 heteroatoms. The minimum Gasteiger partial charge on any atom is -0.312 e. The van der Waals surface area contributed by atoms with Gasteiger partial charge in [0.25, 0.3) is 0 Å². The second-order valence-electron chi connectivity index (χ2n) is 9.56. The summed E-state index contributed by atoms with van der Waals surface area (Å²) in [6, 6.07) is 12.2. The van der Waals surface area contributed by atoms with Crippen molar-refractivity contribution in [3.05, 3.63) is 79.7 Å². The molecule has 4 rings (SSSR count). The Kier molecular flexibility index (Phi) is 7.62. The van der Waals surface area contributed by atoms with E-state index >= 15 is 0 Å². The number of halogens is 1. The lowest BCUT2D eigenvalue weighted by Crippen LogP contribution is -2.23. The summed E-state index contributed by atoms with van der Waals surface area (Å²) in [4.78, 5) is 31.9. The number of rotatable bonds is 8. The van der Waals surface area contributed by atoms with Crippen molar-refractivity contribution >= 4 is 30.5 Å². The number of phosphoric acid groups is 1. The summed E-state index contributed by atoms with van der Waals surface area (Å²) in [5.41, 5.74) is 2.95. The van der Waals surface area contributed by atoms with E-state index in [9.17, 15) is 18.6 Å². The van der Waals surface area contributed by atoms with E-state index in [-0.39, 0.29) is 12.6 Å². The molecule has 1 atom stereocenters. The van der Waals surface area contributed by atoms with Gasteiger partial charge in [0.15, 0.2) is 0 Å². The van der Waals surface area contributed by atoms with Gasteiger partial charge in [-0.05, 0) is 62.2 Å². The molecule has 4 aromatic rings. The van der Waals surface area contributed by atoms with Crippen LogP contribution in [0.1, 0.15) is 20.8 Å². The van der Waals surface area contributed by atoms with Crippen molar-refractivity contribution in [3.63, 3.8) is 0 Å². The first-order valence-corrected chi connectivity index (χ1v) is 13.2. The van der Waals surface area contributed by atoms with Crippen LogP contribution >= 0.6 is 7.82 Å². The summed E-state index contributed by atoms with van der Waals surface area (Å²) in [6.45, 7) is 8.13. The molecule has 0 saturated heterocycles. The van der Waals surface area contributed by atoms with Crippen LogP contribution in [0.5, 0.6) is 0 Å². The van der Waals surface area contributed by atoms with Gasteiger partial charge in [-0.2, -0.15) is 4.39 Å². The molecule has 3 aromatic heterocycles. The molecular weight excluding hydrogens is 510 g/mol. The van der Waals surface area contributed by atoms with Gasteiger partial charge >= 0.3 is 7.82 Å². The molecule has 3 heterocycles. The number of likely N-dealkylation sites (N-methyl/N-ethyl adjacent to an activating group) is 1. The topological polar surface area (TPSA) is 107 Å². The lowest BCUT2D eigenvalue weighted by molar-refractivity contribution is -0.113. The number of benzene rings is 1. The van der Waals surface area contributed by atoms with Crippen LogP contribution in [0, 0.1) is 5.95 Å². The fourth-order valence-electron chi connectivity index (χ4n) is 3.89. The Morgan fingerprint density at radius 1 is 1.18 bits per heavy atom. The number of anilines is 1. The Bertz CT molecular complexity index is 1560. The van der Waals surface area contributed by atoms with E-state index in [1.54, 1.807) is 50.8 Å². The van der Waals surface area contributed by atoms with Crippen LogP contribution in [0.2, 0.25) is 0 Å². The zero-order chi connectivity index (χ0) is 27.7. The second-order valence-corrected chi connectivity index (χ2v) is 10.9. The summed E-state index contributed by atoms with van der Waals surface area (Å²) < 4.78 is 38.4. The number of nitrogens with zero attached hydrogens (tertiary/aromatic N) is 4. The van der Waals surface area contributed by atoms with Gasteiger partial charge in [-0.3, -0.25) is 13.8 Å². The van der Waals surface area contributed by atoms with Gasteiger partial charge in [-0.1, -0.05) is 18.7 Å². The van der Waals surface area contributed by atoms with Gasteiger partial charge in [-0.15, -0.1) is 0 Å². The third-order valence-corrected chi connectivity index (χ3v) is 6.79. The number of pyridine rings is 2. The Balaban J connectivity index is 1.78. The molecule has 0 spiro atoms. The number of phosphoric ester groups is 1. The van der Waals surface area contributed by atoms with Crippen molar-refractivity contribution in [1.29, 1.82) is 0 Å². The fourth-order valence-corrected chi connectivity index (χ4v) is 4.91. The highest BCUT2D eigenvalue weighted by Crippen LogP contribution is 2.47. The number of hydrogen-bond acceptors (Lipinski definition) is 6. The molecule has 1 amide bonds. The lowest BCUT2D eigenvalue weighted by Gasteiger charge is -2.22. The Hall–Kier alpha value is -3.69. The predicted octanol–water partition coefficient (Wildman–Crippen LogP) is 5.94. The Morgan fingerprint density at radius 3 is 2.63 bits per heavy atom. The van der Waals surface area contributed by atoms with Crippen LogP contribution in [-0.2, 0) is 25.1 Å². The van der Waals surface area contributed by atoms with Crippen molar-refractivity contribution < 1.29 is 27.7 Å². The quantitative estimate of drug-likeness (QED) is 0.168. The van der Waals surface area contributed by atoms with E-state index in [2.05, 4.69) is 16.5 Å². The third kappa shape index (κ3) is 6.23. The number of aromatic nitrogens is 3. The number of hydrogen-bond donors (Lipinski definition) is 1. The molecule has 0 saturated carbocycles. The maximum atomic E-state index is 14.0. The van der Waals surface area contributed by atoms with E-state index < -0.39 is 19.4 Å². The second kappa shape index (κ2) is 10.6. The highest BCUT2D eigenvalue weighted by atomic mass is 31.2. The van der Waals surface area contributed by atoms with Crippen molar-refractivity contribution in [2.45, 2.75) is 33.1 Å². The van der Waals surface area contributed by atoms with E-state index in [0.29, 0.717) is 27.8 Å². The van der Waals surface area contributed by atoms with E-state index in [1.807, 2.05) is 30.3 Å². The summed E-state index contributed by atoms with van der Waals surface area (Å²) in [7, 11) is -2.71. The predicted molar refractivity (Wildman–Crippen MR) is 144 cm³/mol. The molecule has 9 nitrogen and oxygen atoms in total. The zero-order valence-electron chi connectivity index (χ0n) is 21.5. The molecule has 1 unspecified atom stereocenters. The van der Waals surface area contributed by atoms with Crippen molar-refractivity contribution in [2.24, 2.45) is 0 Å². The Morgan fingerprint density at radius 2 is 1.95 bits per heavy atom. The maximum absolute atomic E-state index is 14.0. The number of carbonyl (C=O) groups is 1. The highest BCUT2D eigenvalue weighted by molar-refractivity contribution is 7.47. The summed E-state index contributed by atoms with van der Waals surface area (Å²) in [5, 5.41) is 0.655. The SMILES string of the molecule is C=CC(=O)N(C)c1cccc(-c2cnc3c(c2)c(-c2ccnc(F)c2)cn3COP(=O)(O)OC(C)(C)C)c1. The van der Waals surface area contributed by atoms with Crippen LogP contribution in [0.4, 0.5) is 10.1 Å². The normalized spacial score (nSPS) is 13.3. The van der Waals surface area contributed by atoms with Gasteiger partial charge in [0.1, 0.15) is 12.4 Å². The van der Waals surface area contributed by atoms with Crippen LogP contribution < -0.4 is 4.90 Å². The van der Waals surface area contributed by atoms with E-state index in [1.165, 1.54) is 23.2 Å². The monoisotopic (exact) mass is 538 g/mol. The number of carbonyl (C=O) groups excluding carboxylic acids is 1. The minimum absolute atomic E-state index is 0.244. The smallest absolute Gasteiger partial charge is 0.312 e. The third-order valence-electron chi connectivity index (χ3n) is 5.57. The van der Waals surface area contributed by atoms with Gasteiger partial charge in [-0.25, -0.2) is 14.5 Å². The van der Waals surface area contributed by atoms with E-state index in [4.69, 9.17) is 9.05 Å². The van der Waals surface area contributed by atoms with Crippen LogP contribution in [0.25, 0.3) is 33.3 Å². The molecule has 1 N–H and O–H groups in total. The molecule has 1 aromatic carbocycles. The van der Waals surface area contributed by atoms with Crippen molar-refractivity contribution in [1.82, 2.24) is 14.5 Å². The summed E-state index contributed by atoms with van der Waals surface area (Å²) >= 11 is 0. The molecule has 0 aliphatic rings. The number of fused-ring (bicyclic) bond motifs is 1. The first kappa shape index (κ1) is 27.3. The fraction of sp³-hybridized carbons (Fsp3) is 0.222. The summed E-state index contributed by atoms with van der Waals surface area (Å²) in [6.07, 6.45) is 5.91. The first-order valence-electron chi connectivity index (χ1n) is 11.7. The van der Waals surface area contributed by atoms with Crippen LogP contribution in [0.15, 0.2) is 73.7 Å². The van der Waals surface area contributed by atoms with Crippen LogP contribution in [0.3, 0.4) is 0 Å². The largest absolute Gasteiger partial charge is 0.474 e. The first-order chi connectivity index (χ1) is 17.9. The maximum Gasteiger partial charge on any atom is 0.474 e. The van der Waals surface area contributed by atoms with Crippen molar-refractivity contribution in [2.75, 3.05) is 11.9 Å². The molecule has 0 aliphatic heterocycles. The molecule has 38 heavy (non-hydrogen) atoms. The molecule has 0 bridgehead atoms. The van der Waals surface area contributed by atoms with Gasteiger partial charge < -0.3 is 14.4 Å². The molecule has 198 valence electrons. The zero-order valence-corrected chi connectivity index (χ0v) is 22.4. The molecular formula is C27H28FN4O5P. The van der Waals surface area contributed by atoms with Gasteiger partial charge in [0, 0.05) is 53.9 Å². The van der Waals surface area contributed by atoms with Gasteiger partial charge in [0.05, 0.1) is 5.60 Å². The Labute approximate surface area is 219 Å². The number of amides is 1. The molecule has 0 aliphatic carbocycles. The summed E-state index contributed by atoms with van der Waals surface area (Å²) in [5.74, 6) is -0.892. The molecule has 0 fully saturated rings. The standard InChI is InChI=1S/C27H28FN4O5P/c1-6-25(33)31(5)21-9-7-8-18(12-21)20-13-22-23(19-10-11-29-24(28)14-19)16-32(26(22)30-15-20)17-36-38(34,35)37-27(2,3)4/h6-16H,1,17H2,2-5H3,(H,34,35). The highest BCUT2D eigenvalue weighted by Gasteiger charge is 2.29. The molecule has 0 radical (unpaired) electrons. The average Bonchev–Trinajstić information content (AvgIpc) is 3.23. The average molecular weight is 539 g/mol.